The van der Waals surface area contributed by atoms with Gasteiger partial charge in [0.15, 0.2) is 0 Å². The third-order valence-corrected chi connectivity index (χ3v) is 5.72. The van der Waals surface area contributed by atoms with Crippen molar-refractivity contribution >= 4 is 23.5 Å². The SMILES string of the molecule is Cc1cc(C(=O)N2CCCC2)ccc1NC(=O)CN1CCN(c2ncccn2)CC1. The predicted molar refractivity (Wildman–Crippen MR) is 116 cm³/mol. The lowest BCUT2D eigenvalue weighted by Gasteiger charge is -2.34. The maximum Gasteiger partial charge on any atom is 0.253 e. The summed E-state index contributed by atoms with van der Waals surface area (Å²) in [5.41, 5.74) is 2.35. The Kier molecular flexibility index (Phi) is 6.23. The number of aromatic nitrogens is 2. The molecule has 3 heterocycles. The first-order valence-electron chi connectivity index (χ1n) is 10.5. The monoisotopic (exact) mass is 408 g/mol. The molecule has 158 valence electrons. The van der Waals surface area contributed by atoms with Crippen LogP contribution in [0.25, 0.3) is 0 Å². The van der Waals surface area contributed by atoms with E-state index in [2.05, 4.69) is 25.1 Å². The fourth-order valence-electron chi connectivity index (χ4n) is 3.99. The maximum atomic E-state index is 12.5. The summed E-state index contributed by atoms with van der Waals surface area (Å²) in [6.45, 7) is 7.10. The fraction of sp³-hybridized carbons (Fsp3) is 0.455. The zero-order chi connectivity index (χ0) is 20.9. The summed E-state index contributed by atoms with van der Waals surface area (Å²) in [5.74, 6) is 0.774. The molecule has 0 saturated carbocycles. The van der Waals surface area contributed by atoms with Crippen LogP contribution in [0.4, 0.5) is 11.6 Å². The number of nitrogens with zero attached hydrogens (tertiary/aromatic N) is 5. The van der Waals surface area contributed by atoms with Crippen LogP contribution in [0, 0.1) is 6.92 Å². The summed E-state index contributed by atoms with van der Waals surface area (Å²) in [6, 6.07) is 7.32. The fourth-order valence-corrected chi connectivity index (χ4v) is 3.99. The number of hydrogen-bond acceptors (Lipinski definition) is 6. The molecule has 8 heteroatoms. The highest BCUT2D eigenvalue weighted by Crippen LogP contribution is 2.20. The Labute approximate surface area is 176 Å². The number of piperazine rings is 1. The van der Waals surface area contributed by atoms with Crippen LogP contribution in [0.2, 0.25) is 0 Å². The third kappa shape index (κ3) is 4.76. The number of aryl methyl sites for hydroxylation is 1. The molecule has 2 saturated heterocycles. The number of likely N-dealkylation sites (tertiary alicyclic amines) is 1. The van der Waals surface area contributed by atoms with E-state index in [1.807, 2.05) is 30.0 Å². The Morgan fingerprint density at radius 3 is 2.37 bits per heavy atom. The lowest BCUT2D eigenvalue weighted by Crippen LogP contribution is -2.49. The first-order chi connectivity index (χ1) is 14.6. The smallest absolute Gasteiger partial charge is 0.253 e. The van der Waals surface area contributed by atoms with Gasteiger partial charge in [-0.2, -0.15) is 0 Å². The van der Waals surface area contributed by atoms with Crippen LogP contribution < -0.4 is 10.2 Å². The molecule has 0 unspecified atom stereocenters. The zero-order valence-electron chi connectivity index (χ0n) is 17.4. The van der Waals surface area contributed by atoms with E-state index in [1.54, 1.807) is 18.5 Å². The number of carbonyl (C=O) groups is 2. The van der Waals surface area contributed by atoms with Gasteiger partial charge in [-0.1, -0.05) is 0 Å². The molecule has 1 aromatic heterocycles. The predicted octanol–water partition coefficient (Wildman–Crippen LogP) is 1.78. The normalized spacial score (nSPS) is 17.2. The van der Waals surface area contributed by atoms with Crippen molar-refractivity contribution in [3.63, 3.8) is 0 Å². The van der Waals surface area contributed by atoms with Crippen molar-refractivity contribution in [1.82, 2.24) is 19.8 Å². The Morgan fingerprint density at radius 2 is 1.70 bits per heavy atom. The number of benzene rings is 1. The molecule has 2 fully saturated rings. The second kappa shape index (κ2) is 9.21. The number of anilines is 2. The second-order valence-electron chi connectivity index (χ2n) is 7.89. The molecule has 4 rings (SSSR count). The van der Waals surface area contributed by atoms with E-state index >= 15 is 0 Å². The molecule has 0 bridgehead atoms. The van der Waals surface area contributed by atoms with Crippen LogP contribution in [0.3, 0.4) is 0 Å². The number of amides is 2. The molecule has 1 N–H and O–H groups in total. The summed E-state index contributed by atoms with van der Waals surface area (Å²) in [5, 5.41) is 2.99. The molecule has 2 aromatic rings. The van der Waals surface area contributed by atoms with E-state index in [0.29, 0.717) is 12.1 Å². The highest BCUT2D eigenvalue weighted by atomic mass is 16.2. The van der Waals surface area contributed by atoms with Gasteiger partial charge in [-0.15, -0.1) is 0 Å². The largest absolute Gasteiger partial charge is 0.339 e. The Morgan fingerprint density at radius 1 is 1.00 bits per heavy atom. The van der Waals surface area contributed by atoms with Crippen LogP contribution in [0.15, 0.2) is 36.7 Å². The molecule has 30 heavy (non-hydrogen) atoms. The van der Waals surface area contributed by atoms with Crippen LogP contribution in [-0.2, 0) is 4.79 Å². The average molecular weight is 409 g/mol. The number of nitrogens with one attached hydrogen (secondary N) is 1. The van der Waals surface area contributed by atoms with Gasteiger partial charge in [-0.3, -0.25) is 14.5 Å². The second-order valence-corrected chi connectivity index (χ2v) is 7.89. The van der Waals surface area contributed by atoms with Gasteiger partial charge in [0.1, 0.15) is 0 Å². The summed E-state index contributed by atoms with van der Waals surface area (Å²) in [7, 11) is 0. The highest BCUT2D eigenvalue weighted by molar-refractivity contribution is 5.97. The van der Waals surface area contributed by atoms with Gasteiger partial charge in [0, 0.05) is 62.9 Å². The van der Waals surface area contributed by atoms with Crippen molar-refractivity contribution in [2.24, 2.45) is 0 Å². The summed E-state index contributed by atoms with van der Waals surface area (Å²) < 4.78 is 0. The minimum Gasteiger partial charge on any atom is -0.339 e. The minimum atomic E-state index is -0.0406. The van der Waals surface area contributed by atoms with Crippen LogP contribution in [0.1, 0.15) is 28.8 Å². The standard InChI is InChI=1S/C22H28N6O2/c1-17-15-18(21(30)27-9-2-3-10-27)5-6-19(17)25-20(29)16-26-11-13-28(14-12-26)22-23-7-4-8-24-22/h4-8,15H,2-3,9-14,16H2,1H3,(H,25,29). The van der Waals surface area contributed by atoms with Crippen molar-refractivity contribution in [3.8, 4) is 0 Å². The highest BCUT2D eigenvalue weighted by Gasteiger charge is 2.22. The van der Waals surface area contributed by atoms with Crippen molar-refractivity contribution in [2.45, 2.75) is 19.8 Å². The maximum absolute atomic E-state index is 12.5. The first-order valence-corrected chi connectivity index (χ1v) is 10.5. The van der Waals surface area contributed by atoms with Crippen LogP contribution in [-0.4, -0.2) is 77.4 Å². The topological polar surface area (TPSA) is 81.7 Å². The van der Waals surface area contributed by atoms with Gasteiger partial charge in [0.2, 0.25) is 11.9 Å². The molecule has 0 aliphatic carbocycles. The number of hydrogen-bond donors (Lipinski definition) is 1. The van der Waals surface area contributed by atoms with Crippen molar-refractivity contribution in [2.75, 3.05) is 56.0 Å². The Bertz CT molecular complexity index is 890. The van der Waals surface area contributed by atoms with E-state index in [0.717, 1.165) is 69.3 Å². The molecule has 8 nitrogen and oxygen atoms in total. The molecule has 2 amide bonds. The molecular weight excluding hydrogens is 380 g/mol. The molecule has 0 atom stereocenters. The zero-order valence-corrected chi connectivity index (χ0v) is 17.4. The molecular formula is C22H28N6O2. The first kappa shape index (κ1) is 20.3. The van der Waals surface area contributed by atoms with Crippen LogP contribution >= 0.6 is 0 Å². The summed E-state index contributed by atoms with van der Waals surface area (Å²) >= 11 is 0. The van der Waals surface area contributed by atoms with E-state index in [-0.39, 0.29) is 11.8 Å². The Balaban J connectivity index is 1.28. The van der Waals surface area contributed by atoms with Crippen molar-refractivity contribution in [1.29, 1.82) is 0 Å². The van der Waals surface area contributed by atoms with Gasteiger partial charge < -0.3 is 15.1 Å². The van der Waals surface area contributed by atoms with Gasteiger partial charge in [0.05, 0.1) is 6.54 Å². The van der Waals surface area contributed by atoms with Gasteiger partial charge >= 0.3 is 0 Å². The minimum absolute atomic E-state index is 0.0406. The van der Waals surface area contributed by atoms with Gasteiger partial charge in [-0.25, -0.2) is 9.97 Å². The third-order valence-electron chi connectivity index (χ3n) is 5.72. The van der Waals surface area contributed by atoms with Crippen LogP contribution in [0.5, 0.6) is 0 Å². The van der Waals surface area contributed by atoms with E-state index in [4.69, 9.17) is 0 Å². The van der Waals surface area contributed by atoms with E-state index < -0.39 is 0 Å². The van der Waals surface area contributed by atoms with Crippen molar-refractivity contribution < 1.29 is 9.59 Å². The Hall–Kier alpha value is -3.00. The summed E-state index contributed by atoms with van der Waals surface area (Å²) in [6.07, 6.45) is 5.64. The van der Waals surface area contributed by atoms with E-state index in [9.17, 15) is 9.59 Å². The molecule has 0 spiro atoms. The molecule has 2 aliphatic rings. The van der Waals surface area contributed by atoms with Gasteiger partial charge in [0.25, 0.3) is 5.91 Å². The van der Waals surface area contributed by atoms with E-state index in [1.165, 1.54) is 0 Å². The quantitative estimate of drug-likeness (QED) is 0.812. The molecule has 0 radical (unpaired) electrons. The summed E-state index contributed by atoms with van der Waals surface area (Å²) in [4.78, 5) is 39.8. The number of rotatable bonds is 5. The lowest BCUT2D eigenvalue weighted by molar-refractivity contribution is -0.117. The lowest BCUT2D eigenvalue weighted by atomic mass is 10.1. The molecule has 1 aromatic carbocycles. The molecule has 2 aliphatic heterocycles. The van der Waals surface area contributed by atoms with Gasteiger partial charge in [-0.05, 0) is 49.6 Å². The number of carbonyl (C=O) groups excluding carboxylic acids is 2. The van der Waals surface area contributed by atoms with Crippen molar-refractivity contribution in [3.05, 3.63) is 47.8 Å². The average Bonchev–Trinajstić information content (AvgIpc) is 3.31.